The second kappa shape index (κ2) is 19.6. The minimum atomic E-state index is -0.215. The predicted molar refractivity (Wildman–Crippen MR) is 315 cm³/mol. The van der Waals surface area contributed by atoms with E-state index in [0.29, 0.717) is 57.8 Å². The van der Waals surface area contributed by atoms with Crippen molar-refractivity contribution in [2.45, 2.75) is 190 Å². The van der Waals surface area contributed by atoms with Crippen molar-refractivity contribution in [3.63, 3.8) is 0 Å². The number of anilines is 2. The number of carbonyl (C=O) groups is 4. The van der Waals surface area contributed by atoms with Crippen LogP contribution >= 0.6 is 0 Å². The Morgan fingerprint density at radius 3 is 0.872 bits per heavy atom. The molecule has 15 rings (SSSR count). The summed E-state index contributed by atoms with van der Waals surface area (Å²) in [7, 11) is 0. The van der Waals surface area contributed by atoms with Crippen molar-refractivity contribution in [2.75, 3.05) is 9.80 Å². The van der Waals surface area contributed by atoms with Gasteiger partial charge in [-0.25, -0.2) is 9.80 Å². The lowest BCUT2D eigenvalue weighted by Crippen LogP contribution is -2.42. The van der Waals surface area contributed by atoms with Gasteiger partial charge in [0.1, 0.15) is 0 Å². The van der Waals surface area contributed by atoms with Crippen molar-refractivity contribution >= 4 is 56.5 Å². The van der Waals surface area contributed by atoms with Crippen molar-refractivity contribution in [2.24, 2.45) is 0 Å². The monoisotopic (exact) mass is 1030 g/mol. The Labute approximate surface area is 460 Å². The zero-order valence-electron chi connectivity index (χ0n) is 45.4. The molecule has 0 spiro atoms. The molecular formula is C72H72N2O4. The smallest absolute Gasteiger partial charge is 0.266 e. The summed E-state index contributed by atoms with van der Waals surface area (Å²) < 4.78 is 0. The number of carbonyl (C=O) groups excluding carboxylic acids is 4. The highest BCUT2D eigenvalue weighted by Gasteiger charge is 2.43. The van der Waals surface area contributed by atoms with Gasteiger partial charge in [0.05, 0.1) is 11.4 Å². The maximum Gasteiger partial charge on any atom is 0.266 e. The number of imide groups is 2. The fourth-order valence-corrected chi connectivity index (χ4v) is 17.1. The molecule has 0 bridgehead atoms. The molecule has 7 aromatic carbocycles. The van der Waals surface area contributed by atoms with E-state index in [4.69, 9.17) is 0 Å². The first-order chi connectivity index (χ1) is 38.4. The maximum absolute atomic E-state index is 15.4. The lowest BCUT2D eigenvalue weighted by atomic mass is 9.81. The van der Waals surface area contributed by atoms with Crippen LogP contribution in [-0.2, 0) is 0 Å². The molecule has 0 atom stereocenters. The van der Waals surface area contributed by atoms with Crippen LogP contribution in [0.15, 0.2) is 109 Å². The summed E-state index contributed by atoms with van der Waals surface area (Å²) in [6, 6.07) is 38.3. The molecule has 0 aromatic heterocycles. The molecule has 2 aliphatic heterocycles. The summed E-state index contributed by atoms with van der Waals surface area (Å²) in [6.07, 6.45) is 28.2. The maximum atomic E-state index is 15.4. The molecule has 6 nitrogen and oxygen atoms in total. The van der Waals surface area contributed by atoms with Gasteiger partial charge >= 0.3 is 0 Å². The highest BCUT2D eigenvalue weighted by atomic mass is 16.2. The molecule has 78 heavy (non-hydrogen) atoms. The molecular weight excluding hydrogens is 957 g/mol. The largest absolute Gasteiger partial charge is 0.268 e. The van der Waals surface area contributed by atoms with E-state index in [0.717, 1.165) is 107 Å². The van der Waals surface area contributed by atoms with Gasteiger partial charge in [-0.05, 0) is 209 Å². The molecule has 6 fully saturated rings. The van der Waals surface area contributed by atoms with Crippen molar-refractivity contribution in [1.82, 2.24) is 0 Å². The standard InChI is InChI=1S/C72H72N2O4/c75-69-57-32-14-30-55-53(34-36-59(65(55)57)71(77)73(69)67-61(45-20-5-6-21-45)39-51(43-16-1-2-17-43)40-62(67)46-22-7-8-23-46)49-28-13-29-50(38-49)54-35-37-60-66-56(54)31-15-33-58(66)70(76)74(72(60)78)68-63(47-24-9-10-25-47)41-52(44-18-3-4-19-44)42-64(68)48-26-11-12-27-48/h13-15,28-48H,1-12,16-27H2. The molecule has 4 amide bonds. The Bertz CT molecular complexity index is 3270. The first-order valence-corrected chi connectivity index (χ1v) is 30.7. The quantitative estimate of drug-likeness (QED) is 0.128. The number of rotatable bonds is 10. The second-order valence-electron chi connectivity index (χ2n) is 25.2. The van der Waals surface area contributed by atoms with Crippen molar-refractivity contribution < 1.29 is 19.2 Å². The summed E-state index contributed by atoms with van der Waals surface area (Å²) in [5.74, 6) is 1.64. The van der Waals surface area contributed by atoms with Crippen LogP contribution in [0.5, 0.6) is 0 Å². The van der Waals surface area contributed by atoms with Crippen molar-refractivity contribution in [3.05, 3.63) is 165 Å². The van der Waals surface area contributed by atoms with Gasteiger partial charge in [-0.2, -0.15) is 0 Å². The topological polar surface area (TPSA) is 74.8 Å². The number of benzene rings is 7. The highest BCUT2D eigenvalue weighted by Crippen LogP contribution is 2.53. The third-order valence-corrected chi connectivity index (χ3v) is 21.0. The van der Waals surface area contributed by atoms with E-state index in [-0.39, 0.29) is 23.6 Å². The van der Waals surface area contributed by atoms with Crippen LogP contribution in [-0.4, -0.2) is 23.6 Å². The Morgan fingerprint density at radius 2 is 0.551 bits per heavy atom. The van der Waals surface area contributed by atoms with E-state index in [1.165, 1.54) is 136 Å². The predicted octanol–water partition coefficient (Wildman–Crippen LogP) is 18.9. The molecule has 394 valence electrons. The molecule has 8 aliphatic rings. The number of hydrogen-bond acceptors (Lipinski definition) is 4. The zero-order valence-corrected chi connectivity index (χ0v) is 45.4. The fraction of sp³-hybridized carbons (Fsp3) is 0.417. The van der Waals surface area contributed by atoms with Gasteiger partial charge in [0, 0.05) is 33.0 Å². The van der Waals surface area contributed by atoms with Crippen LogP contribution in [0.4, 0.5) is 11.4 Å². The fourth-order valence-electron chi connectivity index (χ4n) is 17.1. The normalized spacial score (nSPS) is 20.9. The van der Waals surface area contributed by atoms with Crippen LogP contribution in [0.25, 0.3) is 43.8 Å². The summed E-state index contributed by atoms with van der Waals surface area (Å²) in [5, 5.41) is 3.21. The first kappa shape index (κ1) is 48.5. The van der Waals surface area contributed by atoms with Gasteiger partial charge in [-0.3, -0.25) is 19.2 Å². The second-order valence-corrected chi connectivity index (χ2v) is 25.2. The molecule has 6 saturated carbocycles. The third-order valence-electron chi connectivity index (χ3n) is 21.0. The van der Waals surface area contributed by atoms with Crippen LogP contribution in [0, 0.1) is 0 Å². The van der Waals surface area contributed by atoms with Gasteiger partial charge in [-0.1, -0.05) is 156 Å². The van der Waals surface area contributed by atoms with Crippen molar-refractivity contribution in [1.29, 1.82) is 0 Å². The zero-order chi connectivity index (χ0) is 52.2. The Morgan fingerprint density at radius 1 is 0.282 bits per heavy atom. The van der Waals surface area contributed by atoms with Crippen LogP contribution < -0.4 is 9.80 Å². The molecule has 6 aliphatic carbocycles. The Kier molecular flexibility index (Phi) is 12.2. The molecule has 0 N–H and O–H groups in total. The van der Waals surface area contributed by atoms with E-state index < -0.39 is 0 Å². The number of nitrogens with zero attached hydrogens (tertiary/aromatic N) is 2. The number of hydrogen-bond donors (Lipinski definition) is 0. The highest BCUT2D eigenvalue weighted by molar-refractivity contribution is 6.38. The van der Waals surface area contributed by atoms with Gasteiger partial charge in [0.25, 0.3) is 23.6 Å². The molecule has 0 unspecified atom stereocenters. The summed E-state index contributed by atoms with van der Waals surface area (Å²) in [5.41, 5.74) is 15.8. The van der Waals surface area contributed by atoms with Gasteiger partial charge < -0.3 is 0 Å². The first-order valence-electron chi connectivity index (χ1n) is 30.7. The summed E-state index contributed by atoms with van der Waals surface area (Å²) >= 11 is 0. The summed E-state index contributed by atoms with van der Waals surface area (Å²) in [6.45, 7) is 0. The molecule has 7 aromatic rings. The minimum Gasteiger partial charge on any atom is -0.268 e. The van der Waals surface area contributed by atoms with E-state index in [2.05, 4.69) is 72.8 Å². The van der Waals surface area contributed by atoms with Crippen LogP contribution in [0.3, 0.4) is 0 Å². The summed E-state index contributed by atoms with van der Waals surface area (Å²) in [4.78, 5) is 64.9. The Balaban J connectivity index is 0.805. The molecule has 6 heteroatoms. The average molecular weight is 1030 g/mol. The lowest BCUT2D eigenvalue weighted by molar-refractivity contribution is 0.0877. The minimum absolute atomic E-state index is 0.215. The lowest BCUT2D eigenvalue weighted by Gasteiger charge is -2.34. The molecule has 0 saturated heterocycles. The van der Waals surface area contributed by atoms with E-state index >= 15 is 19.2 Å². The molecule has 0 radical (unpaired) electrons. The van der Waals surface area contributed by atoms with E-state index in [1.54, 1.807) is 9.80 Å². The average Bonchev–Trinajstić information content (AvgIpc) is 4.47. The van der Waals surface area contributed by atoms with Gasteiger partial charge in [0.15, 0.2) is 0 Å². The SMILES string of the molecule is O=C1c2cccc3c(-c4cccc(-c5ccc6c7c(cccc57)C(=O)N(c5c(C7CCCC7)cc(C7CCCC7)cc5C5CCCC5)C6=O)c4)ccc(c23)C(=O)N1c1c(C2CCCC2)cc(C2CCCC2)cc1C1CCCC1. The van der Waals surface area contributed by atoms with E-state index in [9.17, 15) is 0 Å². The van der Waals surface area contributed by atoms with Crippen LogP contribution in [0.1, 0.15) is 264 Å². The molecule has 2 heterocycles. The third kappa shape index (κ3) is 7.83. The van der Waals surface area contributed by atoms with Crippen molar-refractivity contribution in [3.8, 4) is 22.3 Å². The van der Waals surface area contributed by atoms with Gasteiger partial charge in [0.2, 0.25) is 0 Å². The Hall–Kier alpha value is -6.66. The van der Waals surface area contributed by atoms with Crippen LogP contribution in [0.2, 0.25) is 0 Å². The van der Waals surface area contributed by atoms with Gasteiger partial charge in [-0.15, -0.1) is 0 Å². The van der Waals surface area contributed by atoms with E-state index in [1.807, 2.05) is 36.4 Å². The number of amides is 4.